The Kier molecular flexibility index (Phi) is 4.21. The van der Waals surface area contributed by atoms with Gasteiger partial charge in [-0.05, 0) is 55.2 Å². The van der Waals surface area contributed by atoms with Crippen molar-refractivity contribution in [2.75, 3.05) is 0 Å². The minimum absolute atomic E-state index is 0.191. The Morgan fingerprint density at radius 2 is 1.75 bits per heavy atom. The number of aryl methyl sites for hydroxylation is 3. The Balaban J connectivity index is 1.80. The Labute approximate surface area is 139 Å². The molecule has 3 aromatic rings. The molecule has 0 atom stereocenters. The molecule has 0 radical (unpaired) electrons. The highest BCUT2D eigenvalue weighted by atomic mass is 16.5. The number of ether oxygens (including phenoxy) is 1. The van der Waals surface area contributed by atoms with Crippen LogP contribution in [0.25, 0.3) is 11.0 Å². The summed E-state index contributed by atoms with van der Waals surface area (Å²) < 4.78 is 10.5. The maximum Gasteiger partial charge on any atom is 0.336 e. The molecule has 0 aliphatic heterocycles. The third kappa shape index (κ3) is 3.38. The second kappa shape index (κ2) is 6.32. The maximum absolute atomic E-state index is 12.1. The molecule has 4 heteroatoms. The Bertz CT molecular complexity index is 983. The van der Waals surface area contributed by atoms with E-state index in [-0.39, 0.29) is 12.4 Å². The monoisotopic (exact) mass is 322 g/mol. The SMILES string of the molecule is Cc1ccc(CC(=O)Oc2ccc3c(C)cc(=O)oc3c2)cc1C. The molecule has 0 aliphatic rings. The third-order valence-electron chi connectivity index (χ3n) is 4.07. The van der Waals surface area contributed by atoms with Crippen molar-refractivity contribution in [3.63, 3.8) is 0 Å². The Morgan fingerprint density at radius 3 is 2.50 bits per heavy atom. The second-order valence-electron chi connectivity index (χ2n) is 5.98. The zero-order chi connectivity index (χ0) is 17.3. The van der Waals surface area contributed by atoms with E-state index in [1.807, 2.05) is 39.0 Å². The van der Waals surface area contributed by atoms with E-state index >= 15 is 0 Å². The highest BCUT2D eigenvalue weighted by Gasteiger charge is 2.10. The standard InChI is InChI=1S/C20H18O4/c1-12-4-5-15(8-13(12)2)10-20(22)23-16-6-7-17-14(3)9-19(21)24-18(17)11-16/h4-9,11H,10H2,1-3H3. The fourth-order valence-corrected chi connectivity index (χ4v) is 2.62. The van der Waals surface area contributed by atoms with Gasteiger partial charge in [-0.15, -0.1) is 0 Å². The van der Waals surface area contributed by atoms with Gasteiger partial charge in [0.05, 0.1) is 6.42 Å². The summed E-state index contributed by atoms with van der Waals surface area (Å²) in [6.45, 7) is 5.88. The first kappa shape index (κ1) is 16.0. The van der Waals surface area contributed by atoms with Crippen LogP contribution in [0.5, 0.6) is 5.75 Å². The third-order valence-corrected chi connectivity index (χ3v) is 4.07. The van der Waals surface area contributed by atoms with Crippen molar-refractivity contribution in [2.24, 2.45) is 0 Å². The summed E-state index contributed by atoms with van der Waals surface area (Å²) in [5.74, 6) is 0.0117. The van der Waals surface area contributed by atoms with E-state index in [1.54, 1.807) is 18.2 Å². The molecule has 0 unspecified atom stereocenters. The normalized spacial score (nSPS) is 10.8. The molecule has 0 spiro atoms. The first-order valence-corrected chi connectivity index (χ1v) is 7.74. The molecule has 0 saturated heterocycles. The average molecular weight is 322 g/mol. The zero-order valence-electron chi connectivity index (χ0n) is 13.9. The molecule has 0 amide bonds. The van der Waals surface area contributed by atoms with Gasteiger partial charge in [0.25, 0.3) is 0 Å². The Morgan fingerprint density at radius 1 is 0.958 bits per heavy atom. The molecule has 1 heterocycles. The molecule has 122 valence electrons. The van der Waals surface area contributed by atoms with Crippen molar-refractivity contribution in [3.05, 3.63) is 75.1 Å². The van der Waals surface area contributed by atoms with E-state index in [0.29, 0.717) is 11.3 Å². The lowest BCUT2D eigenvalue weighted by atomic mass is 10.0. The predicted molar refractivity (Wildman–Crippen MR) is 92.5 cm³/mol. The smallest absolute Gasteiger partial charge is 0.336 e. The van der Waals surface area contributed by atoms with Crippen LogP contribution in [0.1, 0.15) is 22.3 Å². The van der Waals surface area contributed by atoms with Crippen LogP contribution in [0.2, 0.25) is 0 Å². The zero-order valence-corrected chi connectivity index (χ0v) is 13.9. The van der Waals surface area contributed by atoms with Gasteiger partial charge in [-0.3, -0.25) is 4.79 Å². The lowest BCUT2D eigenvalue weighted by Gasteiger charge is -2.07. The number of rotatable bonds is 3. The van der Waals surface area contributed by atoms with Crippen molar-refractivity contribution >= 4 is 16.9 Å². The number of esters is 1. The van der Waals surface area contributed by atoms with Crippen LogP contribution in [-0.2, 0) is 11.2 Å². The molecular formula is C20H18O4. The van der Waals surface area contributed by atoms with Crippen LogP contribution in [0.4, 0.5) is 0 Å². The number of fused-ring (bicyclic) bond motifs is 1. The topological polar surface area (TPSA) is 56.5 Å². The number of hydrogen-bond acceptors (Lipinski definition) is 4. The van der Waals surface area contributed by atoms with Crippen molar-refractivity contribution < 1.29 is 13.9 Å². The first-order chi connectivity index (χ1) is 11.4. The summed E-state index contributed by atoms with van der Waals surface area (Å²) in [5, 5.41) is 0.823. The lowest BCUT2D eigenvalue weighted by molar-refractivity contribution is -0.133. The van der Waals surface area contributed by atoms with Crippen LogP contribution in [0.15, 0.2) is 51.7 Å². The van der Waals surface area contributed by atoms with E-state index < -0.39 is 5.63 Å². The molecule has 0 N–H and O–H groups in total. The van der Waals surface area contributed by atoms with Gasteiger partial charge in [-0.2, -0.15) is 0 Å². The molecule has 24 heavy (non-hydrogen) atoms. The summed E-state index contributed by atoms with van der Waals surface area (Å²) in [6.07, 6.45) is 0.191. The largest absolute Gasteiger partial charge is 0.426 e. The molecule has 0 aliphatic carbocycles. The van der Waals surface area contributed by atoms with Crippen molar-refractivity contribution in [1.82, 2.24) is 0 Å². The molecule has 0 bridgehead atoms. The van der Waals surface area contributed by atoms with Gasteiger partial charge < -0.3 is 9.15 Å². The summed E-state index contributed by atoms with van der Waals surface area (Å²) >= 11 is 0. The molecule has 2 aromatic carbocycles. The van der Waals surface area contributed by atoms with Crippen LogP contribution in [0, 0.1) is 20.8 Å². The molecule has 0 fully saturated rings. The summed E-state index contributed by atoms with van der Waals surface area (Å²) in [6, 6.07) is 12.4. The fourth-order valence-electron chi connectivity index (χ4n) is 2.62. The van der Waals surface area contributed by atoms with Gasteiger partial charge in [0.1, 0.15) is 11.3 Å². The quantitative estimate of drug-likeness (QED) is 0.417. The second-order valence-corrected chi connectivity index (χ2v) is 5.98. The molecule has 4 nitrogen and oxygen atoms in total. The number of hydrogen-bond donors (Lipinski definition) is 0. The van der Waals surface area contributed by atoms with Crippen LogP contribution < -0.4 is 10.4 Å². The van der Waals surface area contributed by atoms with Crippen LogP contribution >= 0.6 is 0 Å². The number of benzene rings is 2. The van der Waals surface area contributed by atoms with Crippen molar-refractivity contribution in [3.8, 4) is 5.75 Å². The molecule has 0 saturated carbocycles. The summed E-state index contributed by atoms with van der Waals surface area (Å²) in [4.78, 5) is 23.6. The van der Waals surface area contributed by atoms with Gasteiger partial charge in [0, 0.05) is 17.5 Å². The first-order valence-electron chi connectivity index (χ1n) is 7.74. The molecular weight excluding hydrogens is 304 g/mol. The van der Waals surface area contributed by atoms with E-state index in [2.05, 4.69) is 0 Å². The van der Waals surface area contributed by atoms with E-state index in [0.717, 1.165) is 22.1 Å². The van der Waals surface area contributed by atoms with E-state index in [9.17, 15) is 9.59 Å². The van der Waals surface area contributed by atoms with Crippen LogP contribution in [0.3, 0.4) is 0 Å². The van der Waals surface area contributed by atoms with Crippen LogP contribution in [-0.4, -0.2) is 5.97 Å². The van der Waals surface area contributed by atoms with E-state index in [1.165, 1.54) is 11.6 Å². The van der Waals surface area contributed by atoms with Gasteiger partial charge in [-0.25, -0.2) is 4.79 Å². The minimum Gasteiger partial charge on any atom is -0.426 e. The van der Waals surface area contributed by atoms with Gasteiger partial charge in [0.15, 0.2) is 0 Å². The molecule has 1 aromatic heterocycles. The highest BCUT2D eigenvalue weighted by molar-refractivity contribution is 5.82. The summed E-state index contributed by atoms with van der Waals surface area (Å²) in [7, 11) is 0. The minimum atomic E-state index is -0.418. The van der Waals surface area contributed by atoms with Crippen molar-refractivity contribution in [2.45, 2.75) is 27.2 Å². The molecule has 3 rings (SSSR count). The Hall–Kier alpha value is -2.88. The van der Waals surface area contributed by atoms with Crippen molar-refractivity contribution in [1.29, 1.82) is 0 Å². The predicted octanol–water partition coefficient (Wildman–Crippen LogP) is 3.87. The van der Waals surface area contributed by atoms with E-state index in [4.69, 9.17) is 9.15 Å². The fraction of sp³-hybridized carbons (Fsp3) is 0.200. The number of carbonyl (C=O) groups is 1. The summed E-state index contributed by atoms with van der Waals surface area (Å²) in [5.41, 5.74) is 4.06. The maximum atomic E-state index is 12.1. The lowest BCUT2D eigenvalue weighted by Crippen LogP contribution is -2.11. The number of carbonyl (C=O) groups excluding carboxylic acids is 1. The van der Waals surface area contributed by atoms with Gasteiger partial charge >= 0.3 is 11.6 Å². The average Bonchev–Trinajstić information content (AvgIpc) is 2.50. The van der Waals surface area contributed by atoms with Gasteiger partial charge in [0.2, 0.25) is 0 Å². The highest BCUT2D eigenvalue weighted by Crippen LogP contribution is 2.22. The van der Waals surface area contributed by atoms with Gasteiger partial charge in [-0.1, -0.05) is 18.2 Å².